The van der Waals surface area contributed by atoms with E-state index in [1.165, 1.54) is 18.5 Å². The van der Waals surface area contributed by atoms with Gasteiger partial charge in [0.1, 0.15) is 18.1 Å². The van der Waals surface area contributed by atoms with Crippen LogP contribution in [0.4, 0.5) is 26.4 Å². The van der Waals surface area contributed by atoms with E-state index in [0.717, 1.165) is 10.5 Å². The maximum Gasteiger partial charge on any atom is 0.413 e. The van der Waals surface area contributed by atoms with Gasteiger partial charge in [0.15, 0.2) is 5.82 Å². The van der Waals surface area contributed by atoms with Crippen LogP contribution < -0.4 is 20.7 Å². The molecule has 1 amide bonds. The second-order valence-electron chi connectivity index (χ2n) is 7.35. The second kappa shape index (κ2) is 7.88. The van der Waals surface area contributed by atoms with Crippen molar-refractivity contribution in [1.82, 2.24) is 9.97 Å². The number of carbonyl (C=O) groups is 1. The Morgan fingerprint density at radius 3 is 2.84 bits per heavy atom. The molecule has 0 radical (unpaired) electrons. The van der Waals surface area contributed by atoms with Gasteiger partial charge in [0.05, 0.1) is 18.3 Å². The number of nitrogens with two attached hydrogens (primary N) is 1. The molecule has 0 saturated heterocycles. The number of nitrogen functional groups attached to an aromatic ring is 1. The summed E-state index contributed by atoms with van der Waals surface area (Å²) in [4.78, 5) is 21.1. The van der Waals surface area contributed by atoms with Crippen LogP contribution >= 0.6 is 0 Å². The fourth-order valence-corrected chi connectivity index (χ4v) is 3.70. The second-order valence-corrected chi connectivity index (χ2v) is 7.35. The third-order valence-electron chi connectivity index (χ3n) is 5.38. The Hall–Kier alpha value is -3.66. The zero-order valence-corrected chi connectivity index (χ0v) is 17.0. The number of pyridine rings is 2. The summed E-state index contributed by atoms with van der Waals surface area (Å²) in [5, 5.41) is 23.0. The molecule has 1 aliphatic heterocycles. The third kappa shape index (κ3) is 3.44. The van der Waals surface area contributed by atoms with E-state index in [-0.39, 0.29) is 23.7 Å². The van der Waals surface area contributed by atoms with E-state index in [1.807, 2.05) is 6.92 Å². The van der Waals surface area contributed by atoms with Crippen LogP contribution in [0.15, 0.2) is 24.5 Å². The number of carboxylic acid groups (broad SMARTS) is 1. The van der Waals surface area contributed by atoms with Crippen molar-refractivity contribution in [2.45, 2.75) is 19.9 Å². The highest BCUT2D eigenvalue weighted by Crippen LogP contribution is 2.39. The number of aliphatic hydroxyl groups excluding tert-OH is 1. The average molecular weight is 427 g/mol. The summed E-state index contributed by atoms with van der Waals surface area (Å²) < 4.78 is 20.8. The Labute approximate surface area is 177 Å². The number of nitrogens with one attached hydrogen (secondary N) is 1. The van der Waals surface area contributed by atoms with Crippen LogP contribution in [0, 0.1) is 12.7 Å². The minimum atomic E-state index is -1.26. The van der Waals surface area contributed by atoms with Crippen LogP contribution in [0.25, 0.3) is 21.9 Å². The number of anilines is 3. The normalized spacial score (nSPS) is 13.8. The minimum Gasteiger partial charge on any atom is -0.474 e. The molecule has 9 nitrogen and oxygen atoms in total. The molecule has 0 fully saturated rings. The molecule has 5 N–H and O–H groups in total. The molecular formula is C21H22FN5O4. The van der Waals surface area contributed by atoms with Crippen LogP contribution in [0.2, 0.25) is 0 Å². The fourth-order valence-electron chi connectivity index (χ4n) is 3.70. The van der Waals surface area contributed by atoms with Crippen LogP contribution in [0.1, 0.15) is 12.5 Å². The standard InChI is InChI=1S/C21H22FN5O4/c1-10(9-28)27(21(29)30)16-6-12-5-13(17(22)18(23)15(12)8-25-16)14-7-26-20-19(11(14)2)24-3-4-31-20/h5-8,10,24,28H,3-4,9,23H2,1-2H3,(H,29,30). The summed E-state index contributed by atoms with van der Waals surface area (Å²) in [7, 11) is 0. The van der Waals surface area contributed by atoms with E-state index in [2.05, 4.69) is 15.3 Å². The predicted molar refractivity (Wildman–Crippen MR) is 115 cm³/mol. The molecule has 1 aliphatic rings. The molecule has 31 heavy (non-hydrogen) atoms. The van der Waals surface area contributed by atoms with Gasteiger partial charge in [-0.05, 0) is 36.9 Å². The van der Waals surface area contributed by atoms with Crippen LogP contribution in [-0.4, -0.2) is 52.1 Å². The molecule has 0 bridgehead atoms. The summed E-state index contributed by atoms with van der Waals surface area (Å²) >= 11 is 0. The molecule has 1 atom stereocenters. The van der Waals surface area contributed by atoms with Crippen molar-refractivity contribution in [2.24, 2.45) is 0 Å². The van der Waals surface area contributed by atoms with Gasteiger partial charge >= 0.3 is 6.09 Å². The maximum atomic E-state index is 15.2. The van der Waals surface area contributed by atoms with Crippen molar-refractivity contribution in [1.29, 1.82) is 0 Å². The van der Waals surface area contributed by atoms with Gasteiger partial charge in [0.2, 0.25) is 5.88 Å². The third-order valence-corrected chi connectivity index (χ3v) is 5.38. The monoisotopic (exact) mass is 427 g/mol. The molecule has 3 heterocycles. The summed E-state index contributed by atoms with van der Waals surface area (Å²) in [5.41, 5.74) is 8.22. The van der Waals surface area contributed by atoms with Gasteiger partial charge in [-0.3, -0.25) is 4.90 Å². The summed E-state index contributed by atoms with van der Waals surface area (Å²) in [5.74, 6) is -0.0421. The first-order valence-corrected chi connectivity index (χ1v) is 9.70. The first kappa shape index (κ1) is 20.6. The van der Waals surface area contributed by atoms with Crippen molar-refractivity contribution in [3.8, 4) is 17.0 Å². The van der Waals surface area contributed by atoms with E-state index in [9.17, 15) is 15.0 Å². The summed E-state index contributed by atoms with van der Waals surface area (Å²) in [6.45, 7) is 4.13. The first-order chi connectivity index (χ1) is 14.8. The highest BCUT2D eigenvalue weighted by atomic mass is 19.1. The minimum absolute atomic E-state index is 0.0926. The number of aliphatic hydroxyl groups is 1. The highest BCUT2D eigenvalue weighted by molar-refractivity contribution is 5.99. The van der Waals surface area contributed by atoms with E-state index in [0.29, 0.717) is 41.1 Å². The number of nitrogens with zero attached hydrogens (tertiary/aromatic N) is 3. The van der Waals surface area contributed by atoms with Gasteiger partial charge in [0.25, 0.3) is 0 Å². The highest BCUT2D eigenvalue weighted by Gasteiger charge is 2.24. The molecule has 162 valence electrons. The van der Waals surface area contributed by atoms with Crippen molar-refractivity contribution < 1.29 is 24.1 Å². The van der Waals surface area contributed by atoms with Crippen molar-refractivity contribution >= 4 is 34.1 Å². The largest absolute Gasteiger partial charge is 0.474 e. The fraction of sp³-hybridized carbons (Fsp3) is 0.286. The number of hydrogen-bond acceptors (Lipinski definition) is 7. The van der Waals surface area contributed by atoms with Crippen LogP contribution in [-0.2, 0) is 0 Å². The van der Waals surface area contributed by atoms with Gasteiger partial charge in [-0.25, -0.2) is 19.2 Å². The lowest BCUT2D eigenvalue weighted by molar-refractivity contribution is 0.192. The predicted octanol–water partition coefficient (Wildman–Crippen LogP) is 3.00. The molecule has 4 rings (SSSR count). The van der Waals surface area contributed by atoms with E-state index in [1.54, 1.807) is 13.0 Å². The van der Waals surface area contributed by atoms with Gasteiger partial charge < -0.3 is 26.0 Å². The number of amides is 1. The molecule has 3 aromatic rings. The Balaban J connectivity index is 1.90. The average Bonchev–Trinajstić information content (AvgIpc) is 2.76. The zero-order valence-electron chi connectivity index (χ0n) is 17.0. The number of hydrogen-bond donors (Lipinski definition) is 4. The lowest BCUT2D eigenvalue weighted by atomic mass is 9.97. The summed E-state index contributed by atoms with van der Waals surface area (Å²) in [6.07, 6.45) is 1.61. The smallest absolute Gasteiger partial charge is 0.413 e. The molecule has 0 spiro atoms. The quantitative estimate of drug-likeness (QED) is 0.467. The molecule has 0 aliphatic carbocycles. The Kier molecular flexibility index (Phi) is 5.24. The number of benzene rings is 1. The molecule has 2 aromatic heterocycles. The number of fused-ring (bicyclic) bond motifs is 2. The topological polar surface area (TPSA) is 134 Å². The van der Waals surface area contributed by atoms with Crippen LogP contribution in [0.3, 0.4) is 0 Å². The number of aromatic nitrogens is 2. The lowest BCUT2D eigenvalue weighted by Gasteiger charge is -2.24. The Morgan fingerprint density at radius 1 is 1.35 bits per heavy atom. The van der Waals surface area contributed by atoms with Crippen molar-refractivity contribution in [2.75, 3.05) is 35.7 Å². The van der Waals surface area contributed by atoms with Gasteiger partial charge in [-0.1, -0.05) is 0 Å². The van der Waals surface area contributed by atoms with Crippen molar-refractivity contribution in [3.63, 3.8) is 0 Å². The summed E-state index contributed by atoms with van der Waals surface area (Å²) in [6, 6.07) is 2.39. The number of rotatable bonds is 4. The SMILES string of the molecule is Cc1c(-c2cc3cc(N(C(=O)O)C(C)CO)ncc3c(N)c2F)cnc2c1NCCO2. The van der Waals surface area contributed by atoms with Gasteiger partial charge in [-0.2, -0.15) is 0 Å². The number of ether oxygens (including phenoxy) is 1. The molecule has 1 aromatic carbocycles. The van der Waals surface area contributed by atoms with Gasteiger partial charge in [-0.15, -0.1) is 0 Å². The van der Waals surface area contributed by atoms with E-state index >= 15 is 4.39 Å². The molecule has 1 unspecified atom stereocenters. The van der Waals surface area contributed by atoms with E-state index < -0.39 is 18.0 Å². The van der Waals surface area contributed by atoms with E-state index in [4.69, 9.17) is 10.5 Å². The van der Waals surface area contributed by atoms with Gasteiger partial charge in [0, 0.05) is 35.5 Å². The first-order valence-electron chi connectivity index (χ1n) is 9.70. The molecule has 10 heteroatoms. The lowest BCUT2D eigenvalue weighted by Crippen LogP contribution is -2.40. The Morgan fingerprint density at radius 2 is 2.13 bits per heavy atom. The molecular weight excluding hydrogens is 405 g/mol. The Bertz CT molecular complexity index is 1190. The molecule has 0 saturated carbocycles. The van der Waals surface area contributed by atoms with Crippen molar-refractivity contribution in [3.05, 3.63) is 35.9 Å². The zero-order chi connectivity index (χ0) is 22.3. The number of halogens is 1. The van der Waals surface area contributed by atoms with Crippen LogP contribution in [0.5, 0.6) is 5.88 Å². The maximum absolute atomic E-state index is 15.2.